The molecule has 3 aromatic carbocycles. The Labute approximate surface area is 173 Å². The van der Waals surface area contributed by atoms with E-state index < -0.39 is 0 Å². The van der Waals surface area contributed by atoms with Crippen molar-refractivity contribution >= 4 is 0 Å². The number of para-hydroxylation sites is 2. The van der Waals surface area contributed by atoms with Crippen molar-refractivity contribution in [3.8, 4) is 11.5 Å². The van der Waals surface area contributed by atoms with Gasteiger partial charge in [-0.25, -0.2) is 0 Å². The van der Waals surface area contributed by atoms with E-state index in [4.69, 9.17) is 9.47 Å². The highest BCUT2D eigenvalue weighted by atomic mass is 16.5. The molecule has 0 aromatic heterocycles. The van der Waals surface area contributed by atoms with Gasteiger partial charge in [0.05, 0.1) is 0 Å². The average Bonchev–Trinajstić information content (AvgIpc) is 2.77. The number of fused-ring (bicyclic) bond motifs is 2. The molecule has 3 heteroatoms. The number of benzene rings is 3. The van der Waals surface area contributed by atoms with Crippen LogP contribution in [-0.2, 0) is 16.7 Å². The monoisotopic (exact) mass is 387 g/mol. The first-order chi connectivity index (χ1) is 14.3. The van der Waals surface area contributed by atoms with Crippen LogP contribution in [0, 0.1) is 0 Å². The van der Waals surface area contributed by atoms with Gasteiger partial charge in [-0.2, -0.15) is 0 Å². The van der Waals surface area contributed by atoms with Gasteiger partial charge in [-0.3, -0.25) is 0 Å². The molecule has 3 aromatic rings. The van der Waals surface area contributed by atoms with Gasteiger partial charge in [-0.05, 0) is 37.0 Å². The average molecular weight is 388 g/mol. The van der Waals surface area contributed by atoms with Crippen LogP contribution in [0.15, 0.2) is 78.9 Å². The summed E-state index contributed by atoms with van der Waals surface area (Å²) in [7, 11) is 1.77. The predicted molar refractivity (Wildman–Crippen MR) is 118 cm³/mol. The van der Waals surface area contributed by atoms with Gasteiger partial charge in [0.2, 0.25) is 0 Å². The molecule has 0 saturated carbocycles. The van der Waals surface area contributed by atoms with E-state index in [0.717, 1.165) is 50.5 Å². The highest BCUT2D eigenvalue weighted by molar-refractivity contribution is 5.57. The molecule has 0 saturated heterocycles. The highest BCUT2D eigenvalue weighted by Gasteiger charge is 2.41. The molecule has 3 nitrogen and oxygen atoms in total. The molecule has 1 aliphatic heterocycles. The van der Waals surface area contributed by atoms with Crippen molar-refractivity contribution in [2.24, 2.45) is 0 Å². The molecule has 150 valence electrons. The van der Waals surface area contributed by atoms with Gasteiger partial charge in [-0.15, -0.1) is 0 Å². The maximum atomic E-state index is 6.27. The lowest BCUT2D eigenvalue weighted by Crippen LogP contribution is -2.41. The molecule has 1 N–H and O–H groups in total. The summed E-state index contributed by atoms with van der Waals surface area (Å²) in [6.07, 6.45) is 3.21. The highest BCUT2D eigenvalue weighted by Crippen LogP contribution is 2.50. The Morgan fingerprint density at radius 2 is 1.41 bits per heavy atom. The van der Waals surface area contributed by atoms with Gasteiger partial charge in [0, 0.05) is 43.3 Å². The number of nitrogens with one attached hydrogen (secondary N) is 1. The van der Waals surface area contributed by atoms with Crippen LogP contribution in [0.1, 0.15) is 36.0 Å². The molecule has 0 atom stereocenters. The fraction of sp³-hybridized carbons (Fsp3) is 0.308. The Kier molecular flexibility index (Phi) is 6.28. The SMILES string of the molecule is COCCCCC1(CNCc2ccccc2)c2ccccc2Oc2ccccc21. The van der Waals surface area contributed by atoms with Crippen LogP contribution < -0.4 is 10.1 Å². The van der Waals surface area contributed by atoms with Crippen LogP contribution in [0.4, 0.5) is 0 Å². The summed E-state index contributed by atoms with van der Waals surface area (Å²) >= 11 is 0. The summed E-state index contributed by atoms with van der Waals surface area (Å²) in [6, 6.07) is 27.6. The van der Waals surface area contributed by atoms with Gasteiger partial charge in [-0.1, -0.05) is 66.7 Å². The predicted octanol–water partition coefficient (Wildman–Crippen LogP) is 5.68. The second-order valence-corrected chi connectivity index (χ2v) is 7.72. The van der Waals surface area contributed by atoms with E-state index in [2.05, 4.69) is 84.2 Å². The largest absolute Gasteiger partial charge is 0.457 e. The quantitative estimate of drug-likeness (QED) is 0.479. The van der Waals surface area contributed by atoms with E-state index in [1.165, 1.54) is 16.7 Å². The fourth-order valence-electron chi connectivity index (χ4n) is 4.40. The first-order valence-electron chi connectivity index (χ1n) is 10.4. The first-order valence-corrected chi connectivity index (χ1v) is 10.4. The normalized spacial score (nSPS) is 14.0. The molecule has 1 aliphatic rings. The Morgan fingerprint density at radius 3 is 2.07 bits per heavy atom. The number of unbranched alkanes of at least 4 members (excludes halogenated alkanes) is 1. The van der Waals surface area contributed by atoms with E-state index in [9.17, 15) is 0 Å². The molecule has 29 heavy (non-hydrogen) atoms. The molecule has 0 aliphatic carbocycles. The summed E-state index contributed by atoms with van der Waals surface area (Å²) in [5, 5.41) is 3.75. The molecule has 0 radical (unpaired) electrons. The molecular formula is C26H29NO2. The maximum absolute atomic E-state index is 6.27. The minimum atomic E-state index is -0.117. The maximum Gasteiger partial charge on any atom is 0.131 e. The second kappa shape index (κ2) is 9.25. The minimum absolute atomic E-state index is 0.117. The van der Waals surface area contributed by atoms with Gasteiger partial charge < -0.3 is 14.8 Å². The number of ether oxygens (including phenoxy) is 2. The van der Waals surface area contributed by atoms with Crippen molar-refractivity contribution in [2.45, 2.75) is 31.2 Å². The van der Waals surface area contributed by atoms with Crippen LogP contribution >= 0.6 is 0 Å². The van der Waals surface area contributed by atoms with Crippen molar-refractivity contribution in [1.29, 1.82) is 0 Å². The second-order valence-electron chi connectivity index (χ2n) is 7.72. The molecule has 0 bridgehead atoms. The van der Waals surface area contributed by atoms with E-state index in [-0.39, 0.29) is 5.41 Å². The lowest BCUT2D eigenvalue weighted by atomic mass is 9.69. The molecule has 0 unspecified atom stereocenters. The number of hydrogen-bond acceptors (Lipinski definition) is 3. The molecule has 0 amide bonds. The van der Waals surface area contributed by atoms with Gasteiger partial charge in [0.15, 0.2) is 0 Å². The summed E-state index contributed by atoms with van der Waals surface area (Å²) in [5.74, 6) is 1.94. The Morgan fingerprint density at radius 1 is 0.793 bits per heavy atom. The topological polar surface area (TPSA) is 30.5 Å². The van der Waals surface area contributed by atoms with E-state index in [1.807, 2.05) is 0 Å². The van der Waals surface area contributed by atoms with Crippen molar-refractivity contribution in [2.75, 3.05) is 20.3 Å². The third-order valence-corrected chi connectivity index (χ3v) is 5.83. The number of hydrogen-bond donors (Lipinski definition) is 1. The summed E-state index contributed by atoms with van der Waals surface area (Å²) in [6.45, 7) is 2.52. The van der Waals surface area contributed by atoms with Crippen molar-refractivity contribution in [1.82, 2.24) is 5.32 Å². The van der Waals surface area contributed by atoms with Crippen LogP contribution in [-0.4, -0.2) is 20.3 Å². The zero-order valence-corrected chi connectivity index (χ0v) is 17.1. The summed E-state index contributed by atoms with van der Waals surface area (Å²) in [5.41, 5.74) is 3.73. The lowest BCUT2D eigenvalue weighted by molar-refractivity contribution is 0.189. The molecule has 4 rings (SSSR count). The Hall–Kier alpha value is -2.62. The lowest BCUT2D eigenvalue weighted by Gasteiger charge is -2.41. The third kappa shape index (κ3) is 4.21. The fourth-order valence-corrected chi connectivity index (χ4v) is 4.40. The minimum Gasteiger partial charge on any atom is -0.457 e. The van der Waals surface area contributed by atoms with Crippen molar-refractivity contribution < 1.29 is 9.47 Å². The number of rotatable bonds is 9. The molecule has 0 spiro atoms. The third-order valence-electron chi connectivity index (χ3n) is 5.83. The molecule has 1 heterocycles. The zero-order valence-electron chi connectivity index (χ0n) is 17.1. The standard InChI is InChI=1S/C26H29NO2/c1-28-18-10-9-17-26(20-27-19-21-11-3-2-4-12-21)22-13-5-7-15-24(22)29-25-16-8-6-14-23(25)26/h2-8,11-16,27H,9-10,17-20H2,1H3. The molecular weight excluding hydrogens is 358 g/mol. The van der Waals surface area contributed by atoms with Gasteiger partial charge >= 0.3 is 0 Å². The molecule has 0 fully saturated rings. The van der Waals surface area contributed by atoms with Crippen molar-refractivity contribution in [3.63, 3.8) is 0 Å². The Balaban J connectivity index is 1.67. The van der Waals surface area contributed by atoms with E-state index >= 15 is 0 Å². The van der Waals surface area contributed by atoms with Crippen LogP contribution in [0.2, 0.25) is 0 Å². The zero-order chi connectivity index (χ0) is 19.9. The van der Waals surface area contributed by atoms with Gasteiger partial charge in [0.1, 0.15) is 11.5 Å². The van der Waals surface area contributed by atoms with E-state index in [0.29, 0.717) is 0 Å². The van der Waals surface area contributed by atoms with Crippen molar-refractivity contribution in [3.05, 3.63) is 95.6 Å². The summed E-state index contributed by atoms with van der Waals surface area (Å²) in [4.78, 5) is 0. The van der Waals surface area contributed by atoms with Gasteiger partial charge in [0.25, 0.3) is 0 Å². The van der Waals surface area contributed by atoms with Crippen LogP contribution in [0.3, 0.4) is 0 Å². The first kappa shape index (κ1) is 19.7. The number of methoxy groups -OCH3 is 1. The van der Waals surface area contributed by atoms with E-state index in [1.54, 1.807) is 7.11 Å². The smallest absolute Gasteiger partial charge is 0.131 e. The Bertz CT molecular complexity index is 877. The van der Waals surface area contributed by atoms with Crippen LogP contribution in [0.25, 0.3) is 0 Å². The summed E-state index contributed by atoms with van der Waals surface area (Å²) < 4.78 is 11.6. The van der Waals surface area contributed by atoms with Crippen LogP contribution in [0.5, 0.6) is 11.5 Å².